The van der Waals surface area contributed by atoms with E-state index in [-0.39, 0.29) is 0 Å². The first kappa shape index (κ1) is 16.1. The SMILES string of the molecule is C[C@H](Cn1ccnc1-c1ccc(F)cc1F)N1CCN(C)CC1. The largest absolute Gasteiger partial charge is 0.329 e. The molecule has 1 aliphatic heterocycles. The highest BCUT2D eigenvalue weighted by molar-refractivity contribution is 5.56. The Morgan fingerprint density at radius 2 is 1.91 bits per heavy atom. The van der Waals surface area contributed by atoms with Crippen molar-refractivity contribution in [2.45, 2.75) is 19.5 Å². The Bertz CT molecular complexity index is 662. The molecule has 0 bridgehead atoms. The molecule has 1 aromatic carbocycles. The molecule has 1 saturated heterocycles. The topological polar surface area (TPSA) is 24.3 Å². The molecule has 2 heterocycles. The lowest BCUT2D eigenvalue weighted by Gasteiger charge is -2.36. The maximum absolute atomic E-state index is 14.0. The maximum Gasteiger partial charge on any atom is 0.142 e. The van der Waals surface area contributed by atoms with Gasteiger partial charge in [0.1, 0.15) is 17.5 Å². The minimum atomic E-state index is -0.579. The minimum Gasteiger partial charge on any atom is -0.329 e. The summed E-state index contributed by atoms with van der Waals surface area (Å²) in [6.45, 7) is 7.10. The summed E-state index contributed by atoms with van der Waals surface area (Å²) in [4.78, 5) is 9.02. The molecule has 0 unspecified atom stereocenters. The summed E-state index contributed by atoms with van der Waals surface area (Å²) in [5.41, 5.74) is 0.335. The van der Waals surface area contributed by atoms with Crippen molar-refractivity contribution in [3.8, 4) is 11.4 Å². The van der Waals surface area contributed by atoms with Crippen LogP contribution in [-0.2, 0) is 6.54 Å². The fourth-order valence-corrected chi connectivity index (χ4v) is 3.03. The van der Waals surface area contributed by atoms with Crippen molar-refractivity contribution in [2.75, 3.05) is 33.2 Å². The van der Waals surface area contributed by atoms with Crippen LogP contribution in [0, 0.1) is 11.6 Å². The number of piperazine rings is 1. The van der Waals surface area contributed by atoms with E-state index < -0.39 is 11.6 Å². The molecular formula is C17H22F2N4. The third-order valence-corrected chi connectivity index (χ3v) is 4.51. The molecule has 0 saturated carbocycles. The first-order valence-corrected chi connectivity index (χ1v) is 7.94. The van der Waals surface area contributed by atoms with Crippen LogP contribution in [0.25, 0.3) is 11.4 Å². The van der Waals surface area contributed by atoms with E-state index in [9.17, 15) is 8.78 Å². The highest BCUT2D eigenvalue weighted by Crippen LogP contribution is 2.22. The summed E-state index contributed by atoms with van der Waals surface area (Å²) in [5, 5.41) is 0. The van der Waals surface area contributed by atoms with Crippen molar-refractivity contribution in [1.29, 1.82) is 0 Å². The van der Waals surface area contributed by atoms with Crippen molar-refractivity contribution in [3.05, 3.63) is 42.2 Å². The molecule has 0 aliphatic carbocycles. The van der Waals surface area contributed by atoms with Gasteiger partial charge in [0.15, 0.2) is 0 Å². The second kappa shape index (κ2) is 6.76. The van der Waals surface area contributed by atoms with Gasteiger partial charge in [0.2, 0.25) is 0 Å². The molecule has 0 radical (unpaired) electrons. The summed E-state index contributed by atoms with van der Waals surface area (Å²) in [7, 11) is 2.13. The third-order valence-electron chi connectivity index (χ3n) is 4.51. The van der Waals surface area contributed by atoms with E-state index in [0.29, 0.717) is 17.4 Å². The summed E-state index contributed by atoms with van der Waals surface area (Å²) in [6.07, 6.45) is 3.51. The van der Waals surface area contributed by atoms with Crippen LogP contribution in [0.5, 0.6) is 0 Å². The Morgan fingerprint density at radius 3 is 2.61 bits per heavy atom. The van der Waals surface area contributed by atoms with E-state index in [4.69, 9.17) is 0 Å². The third kappa shape index (κ3) is 3.59. The van der Waals surface area contributed by atoms with Crippen molar-refractivity contribution < 1.29 is 8.78 Å². The van der Waals surface area contributed by atoms with Gasteiger partial charge < -0.3 is 9.47 Å². The molecule has 1 atom stereocenters. The number of halogens is 2. The second-order valence-corrected chi connectivity index (χ2v) is 6.22. The van der Waals surface area contributed by atoms with Gasteiger partial charge in [0, 0.05) is 57.2 Å². The minimum absolute atomic E-state index is 0.333. The lowest BCUT2D eigenvalue weighted by Crippen LogP contribution is -2.49. The Kier molecular flexibility index (Phi) is 4.73. The van der Waals surface area contributed by atoms with Crippen LogP contribution in [0.1, 0.15) is 6.92 Å². The number of likely N-dealkylation sites (N-methyl/N-ethyl adjacent to an activating group) is 1. The van der Waals surface area contributed by atoms with Gasteiger partial charge in [-0.3, -0.25) is 4.90 Å². The molecule has 0 amide bonds. The van der Waals surface area contributed by atoms with Gasteiger partial charge in [-0.2, -0.15) is 0 Å². The van der Waals surface area contributed by atoms with E-state index in [2.05, 4.69) is 28.8 Å². The first-order valence-electron chi connectivity index (χ1n) is 7.94. The number of rotatable bonds is 4. The molecule has 0 N–H and O–H groups in total. The number of benzene rings is 1. The van der Waals surface area contributed by atoms with Crippen LogP contribution >= 0.6 is 0 Å². The van der Waals surface area contributed by atoms with E-state index in [1.807, 2.05) is 10.8 Å². The molecule has 6 heteroatoms. The van der Waals surface area contributed by atoms with Gasteiger partial charge >= 0.3 is 0 Å². The molecule has 23 heavy (non-hydrogen) atoms. The normalized spacial score (nSPS) is 18.3. The maximum atomic E-state index is 14.0. The number of hydrogen-bond acceptors (Lipinski definition) is 3. The number of imidazole rings is 1. The zero-order valence-electron chi connectivity index (χ0n) is 13.5. The van der Waals surface area contributed by atoms with Crippen molar-refractivity contribution in [2.24, 2.45) is 0 Å². The predicted octanol–water partition coefficient (Wildman–Crippen LogP) is 2.46. The van der Waals surface area contributed by atoms with Crippen LogP contribution < -0.4 is 0 Å². The molecule has 1 aromatic heterocycles. The fourth-order valence-electron chi connectivity index (χ4n) is 3.03. The Hall–Kier alpha value is -1.79. The zero-order valence-corrected chi connectivity index (χ0v) is 13.5. The van der Waals surface area contributed by atoms with E-state index in [0.717, 1.165) is 38.8 Å². The van der Waals surface area contributed by atoms with Gasteiger partial charge in [0.05, 0.1) is 5.56 Å². The Balaban J connectivity index is 1.76. The number of nitrogens with zero attached hydrogens (tertiary/aromatic N) is 4. The molecule has 124 valence electrons. The lowest BCUT2D eigenvalue weighted by atomic mass is 10.2. The van der Waals surface area contributed by atoms with Gasteiger partial charge in [-0.25, -0.2) is 13.8 Å². The monoisotopic (exact) mass is 320 g/mol. The molecule has 1 fully saturated rings. The summed E-state index contributed by atoms with van der Waals surface area (Å²) in [6, 6.07) is 3.95. The molecule has 0 spiro atoms. The van der Waals surface area contributed by atoms with Crippen LogP contribution in [-0.4, -0.2) is 58.6 Å². The number of aromatic nitrogens is 2. The fraction of sp³-hybridized carbons (Fsp3) is 0.471. The molecule has 1 aliphatic rings. The predicted molar refractivity (Wildman–Crippen MR) is 86.1 cm³/mol. The smallest absolute Gasteiger partial charge is 0.142 e. The average Bonchev–Trinajstić information content (AvgIpc) is 2.96. The second-order valence-electron chi connectivity index (χ2n) is 6.22. The molecule has 4 nitrogen and oxygen atoms in total. The van der Waals surface area contributed by atoms with Gasteiger partial charge in [-0.1, -0.05) is 0 Å². The quantitative estimate of drug-likeness (QED) is 0.865. The summed E-state index contributed by atoms with van der Waals surface area (Å²) >= 11 is 0. The summed E-state index contributed by atoms with van der Waals surface area (Å²) in [5.74, 6) is -0.608. The lowest BCUT2D eigenvalue weighted by molar-refractivity contribution is 0.111. The highest BCUT2D eigenvalue weighted by Gasteiger charge is 2.21. The van der Waals surface area contributed by atoms with Gasteiger partial charge in [-0.15, -0.1) is 0 Å². The van der Waals surface area contributed by atoms with Crippen molar-refractivity contribution >= 4 is 0 Å². The summed E-state index contributed by atoms with van der Waals surface area (Å²) < 4.78 is 29.1. The Labute approximate surface area is 135 Å². The van der Waals surface area contributed by atoms with Crippen LogP contribution in [0.2, 0.25) is 0 Å². The van der Waals surface area contributed by atoms with Gasteiger partial charge in [-0.05, 0) is 26.1 Å². The van der Waals surface area contributed by atoms with Gasteiger partial charge in [0.25, 0.3) is 0 Å². The molecule has 3 rings (SSSR count). The van der Waals surface area contributed by atoms with E-state index in [1.54, 1.807) is 6.20 Å². The van der Waals surface area contributed by atoms with E-state index >= 15 is 0 Å². The van der Waals surface area contributed by atoms with Crippen molar-refractivity contribution in [3.63, 3.8) is 0 Å². The van der Waals surface area contributed by atoms with E-state index in [1.165, 1.54) is 12.1 Å². The standard InChI is InChI=1S/C17H22F2N4/c1-13(22-9-7-21(2)8-10-22)12-23-6-5-20-17(23)15-4-3-14(18)11-16(15)19/h3-6,11,13H,7-10,12H2,1-2H3/t13-/m1/s1. The molecule has 2 aromatic rings. The average molecular weight is 320 g/mol. The van der Waals surface area contributed by atoms with Crippen LogP contribution in [0.15, 0.2) is 30.6 Å². The molecular weight excluding hydrogens is 298 g/mol. The van der Waals surface area contributed by atoms with Crippen LogP contribution in [0.3, 0.4) is 0 Å². The highest BCUT2D eigenvalue weighted by atomic mass is 19.1. The Morgan fingerprint density at radius 1 is 1.17 bits per heavy atom. The zero-order chi connectivity index (χ0) is 16.4. The van der Waals surface area contributed by atoms with Crippen LogP contribution in [0.4, 0.5) is 8.78 Å². The van der Waals surface area contributed by atoms with Crippen molar-refractivity contribution in [1.82, 2.24) is 19.4 Å². The number of hydrogen-bond donors (Lipinski definition) is 0. The first-order chi connectivity index (χ1) is 11.0.